The molecule has 1 N–H and O–H groups in total. The number of carbonyl (C=O) groups excluding carboxylic acids is 1. The SMILES string of the molecule is COc1cc(/C=C/C(=O)NCc2ccnc(N3CCCC3)c2)cc(OC)c1. The quantitative estimate of drug-likeness (QED) is 0.762. The van der Waals surface area contributed by atoms with Crippen LogP contribution < -0.4 is 19.7 Å². The topological polar surface area (TPSA) is 63.7 Å². The molecule has 3 rings (SSSR count). The Morgan fingerprint density at radius 1 is 1.15 bits per heavy atom. The van der Waals surface area contributed by atoms with Gasteiger partial charge in [0.25, 0.3) is 0 Å². The van der Waals surface area contributed by atoms with E-state index in [0.29, 0.717) is 18.0 Å². The normalized spacial score (nSPS) is 13.8. The summed E-state index contributed by atoms with van der Waals surface area (Å²) in [5.74, 6) is 2.19. The molecule has 0 aliphatic carbocycles. The number of benzene rings is 1. The number of carbonyl (C=O) groups is 1. The van der Waals surface area contributed by atoms with Crippen molar-refractivity contribution in [2.75, 3.05) is 32.2 Å². The number of methoxy groups -OCH3 is 2. The van der Waals surface area contributed by atoms with E-state index in [4.69, 9.17) is 9.47 Å². The molecule has 0 radical (unpaired) electrons. The maximum Gasteiger partial charge on any atom is 0.244 e. The molecule has 1 saturated heterocycles. The first kappa shape index (κ1) is 18.8. The van der Waals surface area contributed by atoms with Crippen molar-refractivity contribution in [3.8, 4) is 11.5 Å². The molecule has 1 aromatic heterocycles. The molecule has 6 heteroatoms. The summed E-state index contributed by atoms with van der Waals surface area (Å²) in [6.45, 7) is 2.57. The van der Waals surface area contributed by atoms with Crippen molar-refractivity contribution < 1.29 is 14.3 Å². The van der Waals surface area contributed by atoms with Gasteiger partial charge < -0.3 is 19.7 Å². The number of nitrogens with zero attached hydrogens (tertiary/aromatic N) is 2. The number of rotatable bonds is 7. The summed E-state index contributed by atoms with van der Waals surface area (Å²) >= 11 is 0. The van der Waals surface area contributed by atoms with Gasteiger partial charge in [0, 0.05) is 38.0 Å². The van der Waals surface area contributed by atoms with Gasteiger partial charge in [-0.1, -0.05) is 0 Å². The second-order valence-corrected chi connectivity index (χ2v) is 6.41. The fraction of sp³-hybridized carbons (Fsp3) is 0.333. The third kappa shape index (κ3) is 5.23. The van der Waals surface area contributed by atoms with Crippen LogP contribution >= 0.6 is 0 Å². The van der Waals surface area contributed by atoms with Crippen molar-refractivity contribution >= 4 is 17.8 Å². The number of hydrogen-bond donors (Lipinski definition) is 1. The minimum absolute atomic E-state index is 0.156. The lowest BCUT2D eigenvalue weighted by atomic mass is 10.2. The highest BCUT2D eigenvalue weighted by atomic mass is 16.5. The third-order valence-electron chi connectivity index (χ3n) is 4.51. The zero-order valence-corrected chi connectivity index (χ0v) is 15.8. The first-order chi connectivity index (χ1) is 13.2. The van der Waals surface area contributed by atoms with E-state index in [-0.39, 0.29) is 5.91 Å². The second kappa shape index (κ2) is 9.07. The molecule has 1 aliphatic heterocycles. The summed E-state index contributed by atoms with van der Waals surface area (Å²) in [6.07, 6.45) is 7.47. The molecule has 0 saturated carbocycles. The molecule has 1 amide bonds. The predicted molar refractivity (Wildman–Crippen MR) is 106 cm³/mol. The Kier molecular flexibility index (Phi) is 6.30. The molecule has 1 aromatic carbocycles. The first-order valence-corrected chi connectivity index (χ1v) is 9.07. The summed E-state index contributed by atoms with van der Waals surface area (Å²) in [5.41, 5.74) is 1.87. The second-order valence-electron chi connectivity index (χ2n) is 6.41. The Morgan fingerprint density at radius 3 is 2.52 bits per heavy atom. The van der Waals surface area contributed by atoms with Gasteiger partial charge in [0.2, 0.25) is 5.91 Å². The zero-order valence-electron chi connectivity index (χ0n) is 15.8. The van der Waals surface area contributed by atoms with Crippen molar-refractivity contribution in [3.05, 3.63) is 53.7 Å². The number of anilines is 1. The van der Waals surface area contributed by atoms with E-state index in [1.165, 1.54) is 18.9 Å². The van der Waals surface area contributed by atoms with E-state index in [1.807, 2.05) is 24.3 Å². The molecule has 1 aliphatic rings. The van der Waals surface area contributed by atoms with Crippen LogP contribution in [0.5, 0.6) is 11.5 Å². The van der Waals surface area contributed by atoms with Crippen LogP contribution in [-0.2, 0) is 11.3 Å². The fourth-order valence-corrected chi connectivity index (χ4v) is 3.04. The van der Waals surface area contributed by atoms with Crippen molar-refractivity contribution in [2.24, 2.45) is 0 Å². The minimum atomic E-state index is -0.156. The Morgan fingerprint density at radius 2 is 1.85 bits per heavy atom. The van der Waals surface area contributed by atoms with Crippen LogP contribution in [0.4, 0.5) is 5.82 Å². The summed E-state index contributed by atoms with van der Waals surface area (Å²) in [7, 11) is 3.19. The molecule has 27 heavy (non-hydrogen) atoms. The molecule has 1 fully saturated rings. The van der Waals surface area contributed by atoms with Crippen molar-refractivity contribution in [2.45, 2.75) is 19.4 Å². The summed E-state index contributed by atoms with van der Waals surface area (Å²) in [5, 5.41) is 2.91. The van der Waals surface area contributed by atoms with Crippen LogP contribution in [0.1, 0.15) is 24.0 Å². The average Bonchev–Trinajstić information content (AvgIpc) is 3.25. The molecule has 6 nitrogen and oxygen atoms in total. The van der Waals surface area contributed by atoms with Crippen molar-refractivity contribution in [1.29, 1.82) is 0 Å². The van der Waals surface area contributed by atoms with Crippen LogP contribution in [0.3, 0.4) is 0 Å². The van der Waals surface area contributed by atoms with E-state index in [2.05, 4.69) is 15.2 Å². The van der Waals surface area contributed by atoms with Gasteiger partial charge in [-0.3, -0.25) is 4.79 Å². The van der Waals surface area contributed by atoms with Gasteiger partial charge in [-0.25, -0.2) is 4.98 Å². The van der Waals surface area contributed by atoms with E-state index in [0.717, 1.165) is 30.0 Å². The number of amides is 1. The number of ether oxygens (including phenoxy) is 2. The highest BCUT2D eigenvalue weighted by Gasteiger charge is 2.13. The molecule has 0 bridgehead atoms. The van der Waals surface area contributed by atoms with Gasteiger partial charge in [0.1, 0.15) is 17.3 Å². The monoisotopic (exact) mass is 367 g/mol. The van der Waals surface area contributed by atoms with Gasteiger partial charge in [0.15, 0.2) is 0 Å². The lowest BCUT2D eigenvalue weighted by Crippen LogP contribution is -2.22. The molecule has 2 aromatic rings. The maximum absolute atomic E-state index is 12.2. The first-order valence-electron chi connectivity index (χ1n) is 9.07. The molecule has 0 unspecified atom stereocenters. The summed E-state index contributed by atoms with van der Waals surface area (Å²) in [4.78, 5) is 18.9. The Bertz CT molecular complexity index is 792. The standard InChI is InChI=1S/C21H25N3O3/c1-26-18-11-16(12-19(14-18)27-2)5-6-21(25)23-15-17-7-8-22-20(13-17)24-9-3-4-10-24/h5-8,11-14H,3-4,9-10,15H2,1-2H3,(H,23,25)/b6-5+. The van der Waals surface area contributed by atoms with Crippen LogP contribution in [0.2, 0.25) is 0 Å². The van der Waals surface area contributed by atoms with E-state index in [1.54, 1.807) is 32.6 Å². The van der Waals surface area contributed by atoms with Gasteiger partial charge in [-0.05, 0) is 54.3 Å². The molecule has 2 heterocycles. The Balaban J connectivity index is 1.58. The molecule has 142 valence electrons. The van der Waals surface area contributed by atoms with Gasteiger partial charge in [-0.15, -0.1) is 0 Å². The van der Waals surface area contributed by atoms with Crippen LogP contribution in [0, 0.1) is 0 Å². The third-order valence-corrected chi connectivity index (χ3v) is 4.51. The molecular formula is C21H25N3O3. The average molecular weight is 367 g/mol. The van der Waals surface area contributed by atoms with Gasteiger partial charge in [-0.2, -0.15) is 0 Å². The van der Waals surface area contributed by atoms with Gasteiger partial charge >= 0.3 is 0 Å². The van der Waals surface area contributed by atoms with Crippen LogP contribution in [0.15, 0.2) is 42.6 Å². The molecule has 0 atom stereocenters. The zero-order chi connectivity index (χ0) is 19.1. The maximum atomic E-state index is 12.2. The highest BCUT2D eigenvalue weighted by Crippen LogP contribution is 2.23. The fourth-order valence-electron chi connectivity index (χ4n) is 3.04. The summed E-state index contributed by atoms with van der Waals surface area (Å²) < 4.78 is 10.5. The van der Waals surface area contributed by atoms with Crippen LogP contribution in [0.25, 0.3) is 6.08 Å². The number of pyridine rings is 1. The molecular weight excluding hydrogens is 342 g/mol. The number of aromatic nitrogens is 1. The van der Waals surface area contributed by atoms with E-state index >= 15 is 0 Å². The van der Waals surface area contributed by atoms with Crippen molar-refractivity contribution in [1.82, 2.24) is 10.3 Å². The predicted octanol–water partition coefficient (Wildman–Crippen LogP) is 3.03. The summed E-state index contributed by atoms with van der Waals surface area (Å²) in [6, 6.07) is 9.45. The van der Waals surface area contributed by atoms with Gasteiger partial charge in [0.05, 0.1) is 14.2 Å². The van der Waals surface area contributed by atoms with Crippen LogP contribution in [-0.4, -0.2) is 38.2 Å². The largest absolute Gasteiger partial charge is 0.497 e. The minimum Gasteiger partial charge on any atom is -0.497 e. The Hall–Kier alpha value is -3.02. The van der Waals surface area contributed by atoms with Crippen molar-refractivity contribution in [3.63, 3.8) is 0 Å². The smallest absolute Gasteiger partial charge is 0.244 e. The highest BCUT2D eigenvalue weighted by molar-refractivity contribution is 5.91. The lowest BCUT2D eigenvalue weighted by molar-refractivity contribution is -0.116. The Labute approximate surface area is 159 Å². The van der Waals surface area contributed by atoms with E-state index < -0.39 is 0 Å². The molecule has 0 spiro atoms. The lowest BCUT2D eigenvalue weighted by Gasteiger charge is -2.16. The number of hydrogen-bond acceptors (Lipinski definition) is 5. The van der Waals surface area contributed by atoms with E-state index in [9.17, 15) is 4.79 Å². The number of nitrogens with one attached hydrogen (secondary N) is 1.